The van der Waals surface area contributed by atoms with E-state index in [9.17, 15) is 9.59 Å². The second kappa shape index (κ2) is 8.08. The zero-order valence-corrected chi connectivity index (χ0v) is 14.6. The molecule has 1 fully saturated rings. The van der Waals surface area contributed by atoms with Crippen molar-refractivity contribution in [2.24, 2.45) is 0 Å². The van der Waals surface area contributed by atoms with Gasteiger partial charge in [-0.1, -0.05) is 48.9 Å². The Kier molecular flexibility index (Phi) is 5.61. The number of likely N-dealkylation sites (tertiary alicyclic amines) is 1. The third-order valence-corrected chi connectivity index (χ3v) is 4.77. The van der Waals surface area contributed by atoms with E-state index in [4.69, 9.17) is 0 Å². The largest absolute Gasteiger partial charge is 0.324 e. The van der Waals surface area contributed by atoms with Crippen molar-refractivity contribution in [1.29, 1.82) is 0 Å². The summed E-state index contributed by atoms with van der Waals surface area (Å²) in [6.07, 6.45) is 3.50. The molecule has 1 aliphatic heterocycles. The van der Waals surface area contributed by atoms with Crippen molar-refractivity contribution in [2.75, 3.05) is 18.4 Å². The molecule has 1 amide bonds. The monoisotopic (exact) mass is 336 g/mol. The second-order valence-electron chi connectivity index (χ2n) is 6.60. The fourth-order valence-corrected chi connectivity index (χ4v) is 3.30. The molecule has 1 aliphatic rings. The maximum atomic E-state index is 12.7. The number of para-hydroxylation sites is 1. The van der Waals surface area contributed by atoms with E-state index in [-0.39, 0.29) is 11.7 Å². The van der Waals surface area contributed by atoms with E-state index in [2.05, 4.69) is 17.1 Å². The maximum Gasteiger partial charge on any atom is 0.238 e. The number of carbonyl (C=O) groups is 2. The zero-order valence-electron chi connectivity index (χ0n) is 14.6. The van der Waals surface area contributed by atoms with Gasteiger partial charge in [-0.25, -0.2) is 0 Å². The molecule has 2 aromatic carbocycles. The van der Waals surface area contributed by atoms with Crippen molar-refractivity contribution in [2.45, 2.75) is 32.2 Å². The summed E-state index contributed by atoms with van der Waals surface area (Å²) >= 11 is 0. The number of piperidine rings is 1. The van der Waals surface area contributed by atoms with Crippen LogP contribution in [0.4, 0.5) is 5.69 Å². The average Bonchev–Trinajstić information content (AvgIpc) is 2.64. The van der Waals surface area contributed by atoms with E-state index in [0.717, 1.165) is 19.4 Å². The summed E-state index contributed by atoms with van der Waals surface area (Å²) < 4.78 is 0. The number of anilines is 1. The Balaban J connectivity index is 1.72. The molecule has 4 heteroatoms. The van der Waals surface area contributed by atoms with Crippen LogP contribution in [0.25, 0.3) is 0 Å². The minimum absolute atomic E-state index is 0.0675. The summed E-state index contributed by atoms with van der Waals surface area (Å²) in [4.78, 5) is 27.4. The summed E-state index contributed by atoms with van der Waals surface area (Å²) in [5.41, 5.74) is 1.72. The molecule has 0 radical (unpaired) electrons. The van der Waals surface area contributed by atoms with Crippen LogP contribution < -0.4 is 5.32 Å². The molecule has 2 aromatic rings. The maximum absolute atomic E-state index is 12.7. The lowest BCUT2D eigenvalue weighted by Gasteiger charge is -2.32. The van der Waals surface area contributed by atoms with Gasteiger partial charge in [0.2, 0.25) is 5.91 Å². The topological polar surface area (TPSA) is 49.4 Å². The van der Waals surface area contributed by atoms with Gasteiger partial charge in [-0.2, -0.15) is 0 Å². The van der Waals surface area contributed by atoms with Crippen LogP contribution in [-0.2, 0) is 4.79 Å². The predicted molar refractivity (Wildman–Crippen MR) is 99.8 cm³/mol. The van der Waals surface area contributed by atoms with Crippen LogP contribution in [0.15, 0.2) is 54.6 Å². The van der Waals surface area contributed by atoms with Crippen LogP contribution in [0.1, 0.15) is 42.1 Å². The second-order valence-corrected chi connectivity index (χ2v) is 6.60. The number of amides is 1. The summed E-state index contributed by atoms with van der Waals surface area (Å²) in [6, 6.07) is 16.8. The number of carbonyl (C=O) groups excluding carboxylic acids is 2. The molecular weight excluding hydrogens is 312 g/mol. The van der Waals surface area contributed by atoms with Gasteiger partial charge >= 0.3 is 0 Å². The molecule has 3 rings (SSSR count). The van der Waals surface area contributed by atoms with Gasteiger partial charge in [-0.05, 0) is 38.4 Å². The number of benzene rings is 2. The molecule has 0 bridgehead atoms. The van der Waals surface area contributed by atoms with Crippen molar-refractivity contribution in [3.05, 3.63) is 65.7 Å². The molecule has 0 aromatic heterocycles. The fraction of sp³-hybridized carbons (Fsp3) is 0.333. The first kappa shape index (κ1) is 17.4. The lowest BCUT2D eigenvalue weighted by atomic mass is 10.0. The Morgan fingerprint density at radius 2 is 1.76 bits per heavy atom. The number of hydrogen-bond donors (Lipinski definition) is 1. The van der Waals surface area contributed by atoms with Gasteiger partial charge in [0.1, 0.15) is 0 Å². The van der Waals surface area contributed by atoms with E-state index in [0.29, 0.717) is 29.4 Å². The summed E-state index contributed by atoms with van der Waals surface area (Å²) in [5.74, 6) is -0.148. The minimum Gasteiger partial charge on any atom is -0.324 e. The van der Waals surface area contributed by atoms with Crippen molar-refractivity contribution >= 4 is 17.4 Å². The van der Waals surface area contributed by atoms with Gasteiger partial charge in [-0.3, -0.25) is 14.5 Å². The van der Waals surface area contributed by atoms with Gasteiger partial charge in [0.25, 0.3) is 0 Å². The quantitative estimate of drug-likeness (QED) is 0.847. The van der Waals surface area contributed by atoms with E-state index in [1.807, 2.05) is 30.3 Å². The van der Waals surface area contributed by atoms with Gasteiger partial charge in [0.05, 0.1) is 12.2 Å². The third-order valence-electron chi connectivity index (χ3n) is 4.77. The van der Waals surface area contributed by atoms with Crippen LogP contribution in [0, 0.1) is 0 Å². The molecule has 1 heterocycles. The highest BCUT2D eigenvalue weighted by Crippen LogP contribution is 2.20. The van der Waals surface area contributed by atoms with Crippen LogP contribution in [-0.4, -0.2) is 35.7 Å². The van der Waals surface area contributed by atoms with Crippen LogP contribution in [0.2, 0.25) is 0 Å². The third kappa shape index (κ3) is 4.34. The standard InChI is InChI=1S/C21H24N2O2/c1-16-9-7-8-14-23(16)15-20(24)22-19-13-6-5-12-18(19)21(25)17-10-3-2-4-11-17/h2-6,10-13,16H,7-9,14-15H2,1H3,(H,22,24)/t16-/m1/s1. The van der Waals surface area contributed by atoms with Crippen molar-refractivity contribution in [3.63, 3.8) is 0 Å². The zero-order chi connectivity index (χ0) is 17.6. The molecule has 4 nitrogen and oxygen atoms in total. The fourth-order valence-electron chi connectivity index (χ4n) is 3.30. The molecular formula is C21H24N2O2. The van der Waals surface area contributed by atoms with E-state index < -0.39 is 0 Å². The van der Waals surface area contributed by atoms with Crippen LogP contribution in [0.3, 0.4) is 0 Å². The van der Waals surface area contributed by atoms with E-state index in [1.54, 1.807) is 24.3 Å². The number of nitrogens with zero attached hydrogens (tertiary/aromatic N) is 1. The van der Waals surface area contributed by atoms with E-state index >= 15 is 0 Å². The first-order valence-corrected chi connectivity index (χ1v) is 8.88. The van der Waals surface area contributed by atoms with Crippen LogP contribution >= 0.6 is 0 Å². The smallest absolute Gasteiger partial charge is 0.238 e. The van der Waals surface area contributed by atoms with Gasteiger partial charge in [0, 0.05) is 17.2 Å². The molecule has 1 saturated heterocycles. The first-order valence-electron chi connectivity index (χ1n) is 8.88. The lowest BCUT2D eigenvalue weighted by Crippen LogP contribution is -2.42. The lowest BCUT2D eigenvalue weighted by molar-refractivity contribution is -0.118. The summed E-state index contributed by atoms with van der Waals surface area (Å²) in [6.45, 7) is 3.49. The number of ketones is 1. The normalized spacial score (nSPS) is 17.9. The minimum atomic E-state index is -0.0807. The molecule has 130 valence electrons. The molecule has 0 unspecified atom stereocenters. The molecule has 1 atom stereocenters. The predicted octanol–water partition coefficient (Wildman–Crippen LogP) is 3.73. The van der Waals surface area contributed by atoms with E-state index in [1.165, 1.54) is 6.42 Å². The molecule has 1 N–H and O–H groups in total. The average molecular weight is 336 g/mol. The van der Waals surface area contributed by atoms with Crippen molar-refractivity contribution in [1.82, 2.24) is 4.90 Å². The van der Waals surface area contributed by atoms with Crippen LogP contribution in [0.5, 0.6) is 0 Å². The van der Waals surface area contributed by atoms with Gasteiger partial charge in [0.15, 0.2) is 5.78 Å². The first-order chi connectivity index (χ1) is 12.1. The van der Waals surface area contributed by atoms with Crippen molar-refractivity contribution in [3.8, 4) is 0 Å². The van der Waals surface area contributed by atoms with Gasteiger partial charge < -0.3 is 5.32 Å². The number of nitrogens with one attached hydrogen (secondary N) is 1. The Morgan fingerprint density at radius 3 is 2.52 bits per heavy atom. The highest BCUT2D eigenvalue weighted by atomic mass is 16.2. The summed E-state index contributed by atoms with van der Waals surface area (Å²) in [7, 11) is 0. The Bertz CT molecular complexity index is 743. The Labute approximate surface area is 148 Å². The molecule has 0 spiro atoms. The number of rotatable bonds is 5. The highest BCUT2D eigenvalue weighted by molar-refractivity contribution is 6.13. The Morgan fingerprint density at radius 1 is 1.04 bits per heavy atom. The molecule has 0 aliphatic carbocycles. The summed E-state index contributed by atoms with van der Waals surface area (Å²) in [5, 5.41) is 2.93. The van der Waals surface area contributed by atoms with Gasteiger partial charge in [-0.15, -0.1) is 0 Å². The highest BCUT2D eigenvalue weighted by Gasteiger charge is 2.21. The molecule has 0 saturated carbocycles. The van der Waals surface area contributed by atoms with Crippen molar-refractivity contribution < 1.29 is 9.59 Å². The SMILES string of the molecule is C[C@@H]1CCCCN1CC(=O)Nc1ccccc1C(=O)c1ccccc1. The number of hydrogen-bond acceptors (Lipinski definition) is 3. The molecule has 25 heavy (non-hydrogen) atoms. The Hall–Kier alpha value is -2.46.